The molecule has 2 aromatic rings. The van der Waals surface area contributed by atoms with E-state index in [1.54, 1.807) is 18.2 Å². The fourth-order valence-corrected chi connectivity index (χ4v) is 2.37. The summed E-state index contributed by atoms with van der Waals surface area (Å²) in [4.78, 5) is 1.31. The number of hydrogen-bond acceptors (Lipinski definition) is 3. The van der Waals surface area contributed by atoms with Gasteiger partial charge in [0.1, 0.15) is 5.75 Å². The zero-order valence-corrected chi connectivity index (χ0v) is 10.4. The number of anilines is 1. The summed E-state index contributed by atoms with van der Waals surface area (Å²) >= 11 is 1.25. The van der Waals surface area contributed by atoms with Gasteiger partial charge in [-0.1, -0.05) is 17.8 Å². The highest BCUT2D eigenvalue weighted by Crippen LogP contribution is 2.37. The van der Waals surface area contributed by atoms with Gasteiger partial charge in [0.25, 0.3) is 0 Å². The van der Waals surface area contributed by atoms with Crippen LogP contribution in [0.2, 0.25) is 0 Å². The summed E-state index contributed by atoms with van der Waals surface area (Å²) < 4.78 is 31.0. The Morgan fingerprint density at radius 2 is 1.89 bits per heavy atom. The molecule has 0 saturated carbocycles. The molecule has 18 heavy (non-hydrogen) atoms. The molecule has 0 radical (unpaired) electrons. The normalized spacial score (nSPS) is 10.4. The second-order valence-electron chi connectivity index (χ2n) is 3.55. The van der Waals surface area contributed by atoms with Crippen LogP contribution in [-0.2, 0) is 0 Å². The fourth-order valence-electron chi connectivity index (χ4n) is 1.46. The van der Waals surface area contributed by atoms with Crippen molar-refractivity contribution in [2.45, 2.75) is 9.79 Å². The second-order valence-corrected chi connectivity index (χ2v) is 4.67. The lowest BCUT2D eigenvalue weighted by molar-refractivity contribution is 0.416. The number of benzene rings is 2. The first-order valence-corrected chi connectivity index (χ1v) is 5.99. The van der Waals surface area contributed by atoms with Gasteiger partial charge in [0, 0.05) is 9.79 Å². The molecule has 5 heteroatoms. The maximum absolute atomic E-state index is 13.1. The molecule has 0 aromatic heterocycles. The lowest BCUT2D eigenvalue weighted by Gasteiger charge is -2.09. The van der Waals surface area contributed by atoms with E-state index in [-0.39, 0.29) is 0 Å². The van der Waals surface area contributed by atoms with Crippen LogP contribution in [-0.4, -0.2) is 7.11 Å². The van der Waals surface area contributed by atoms with Gasteiger partial charge in [-0.2, -0.15) is 0 Å². The van der Waals surface area contributed by atoms with E-state index in [2.05, 4.69) is 0 Å². The first kappa shape index (κ1) is 12.7. The summed E-state index contributed by atoms with van der Waals surface area (Å²) in [6.07, 6.45) is 0. The van der Waals surface area contributed by atoms with Crippen LogP contribution >= 0.6 is 11.8 Å². The molecule has 2 nitrogen and oxygen atoms in total. The molecule has 0 fully saturated rings. The molecule has 2 N–H and O–H groups in total. The third-order valence-corrected chi connectivity index (χ3v) is 3.43. The highest BCUT2D eigenvalue weighted by Gasteiger charge is 2.08. The van der Waals surface area contributed by atoms with Crippen molar-refractivity contribution in [2.75, 3.05) is 12.8 Å². The van der Waals surface area contributed by atoms with Crippen molar-refractivity contribution in [3.8, 4) is 5.75 Å². The Morgan fingerprint density at radius 3 is 2.56 bits per heavy atom. The van der Waals surface area contributed by atoms with Gasteiger partial charge in [0.15, 0.2) is 11.6 Å². The Balaban J connectivity index is 2.31. The minimum Gasteiger partial charge on any atom is -0.495 e. The van der Waals surface area contributed by atoms with Crippen LogP contribution < -0.4 is 10.5 Å². The highest BCUT2D eigenvalue weighted by molar-refractivity contribution is 7.99. The van der Waals surface area contributed by atoms with E-state index in [4.69, 9.17) is 10.5 Å². The summed E-state index contributed by atoms with van der Waals surface area (Å²) in [5.74, 6) is -1.18. The Bertz CT molecular complexity index is 575. The molecule has 94 valence electrons. The predicted molar refractivity (Wildman–Crippen MR) is 67.9 cm³/mol. The monoisotopic (exact) mass is 267 g/mol. The van der Waals surface area contributed by atoms with Gasteiger partial charge in [0.2, 0.25) is 0 Å². The van der Waals surface area contributed by atoms with Crippen molar-refractivity contribution >= 4 is 17.4 Å². The lowest BCUT2D eigenvalue weighted by atomic mass is 10.3. The number of methoxy groups -OCH3 is 1. The minimum absolute atomic E-state index is 0.481. The number of nitrogen functional groups attached to an aromatic ring is 1. The summed E-state index contributed by atoms with van der Waals surface area (Å²) in [5.41, 5.74) is 6.38. The zero-order chi connectivity index (χ0) is 13.1. The molecule has 2 rings (SSSR count). The van der Waals surface area contributed by atoms with Crippen LogP contribution in [0, 0.1) is 11.6 Å². The molecule has 0 amide bonds. The second kappa shape index (κ2) is 5.27. The van der Waals surface area contributed by atoms with Crippen LogP contribution in [0.1, 0.15) is 0 Å². The molecular weight excluding hydrogens is 256 g/mol. The van der Waals surface area contributed by atoms with Gasteiger partial charge in [-0.15, -0.1) is 0 Å². The zero-order valence-electron chi connectivity index (χ0n) is 9.61. The number of hydrogen-bond donors (Lipinski definition) is 1. The van der Waals surface area contributed by atoms with Crippen molar-refractivity contribution in [2.24, 2.45) is 0 Å². The molecule has 0 bridgehead atoms. The molecule has 0 heterocycles. The molecule has 0 aliphatic carbocycles. The Hall–Kier alpha value is -1.75. The van der Waals surface area contributed by atoms with E-state index >= 15 is 0 Å². The number of para-hydroxylation sites is 1. The molecule has 0 atom stereocenters. The lowest BCUT2D eigenvalue weighted by Crippen LogP contribution is -1.94. The van der Waals surface area contributed by atoms with Crippen molar-refractivity contribution < 1.29 is 13.5 Å². The van der Waals surface area contributed by atoms with E-state index in [0.29, 0.717) is 16.3 Å². The fraction of sp³-hybridized carbons (Fsp3) is 0.0769. The van der Waals surface area contributed by atoms with Crippen LogP contribution in [0.25, 0.3) is 0 Å². The Labute approximate surface area is 108 Å². The van der Waals surface area contributed by atoms with Crippen LogP contribution in [0.4, 0.5) is 14.5 Å². The number of ether oxygens (including phenoxy) is 1. The maximum atomic E-state index is 13.1. The van der Waals surface area contributed by atoms with Gasteiger partial charge in [-0.25, -0.2) is 8.78 Å². The average molecular weight is 267 g/mol. The topological polar surface area (TPSA) is 35.2 Å². The van der Waals surface area contributed by atoms with Crippen LogP contribution in [0.5, 0.6) is 5.75 Å². The van der Waals surface area contributed by atoms with Gasteiger partial charge in [0.05, 0.1) is 12.8 Å². The molecule has 0 spiro atoms. The number of rotatable bonds is 3. The van der Waals surface area contributed by atoms with E-state index in [1.165, 1.54) is 24.9 Å². The first-order chi connectivity index (χ1) is 8.61. The van der Waals surface area contributed by atoms with Crippen LogP contribution in [0.15, 0.2) is 46.2 Å². The van der Waals surface area contributed by atoms with Crippen molar-refractivity contribution in [3.63, 3.8) is 0 Å². The van der Waals surface area contributed by atoms with Gasteiger partial charge in [-0.3, -0.25) is 0 Å². The quantitative estimate of drug-likeness (QED) is 0.861. The molecular formula is C13H11F2NOS. The molecule has 0 saturated heterocycles. The van der Waals surface area contributed by atoms with Gasteiger partial charge in [-0.05, 0) is 30.3 Å². The number of halogens is 2. The van der Waals surface area contributed by atoms with E-state index in [0.717, 1.165) is 17.0 Å². The number of nitrogens with two attached hydrogens (primary N) is 1. The molecule has 2 aromatic carbocycles. The Kier molecular flexibility index (Phi) is 3.72. The minimum atomic E-state index is -0.874. The van der Waals surface area contributed by atoms with Crippen molar-refractivity contribution in [3.05, 3.63) is 48.0 Å². The third-order valence-electron chi connectivity index (χ3n) is 2.36. The molecule has 0 aliphatic heterocycles. The standard InChI is InChI=1S/C13H11F2NOS/c1-17-11-3-2-4-12(13(11)16)18-8-5-6-9(14)10(15)7-8/h2-7H,16H2,1H3. The largest absolute Gasteiger partial charge is 0.495 e. The first-order valence-electron chi connectivity index (χ1n) is 5.17. The van der Waals surface area contributed by atoms with E-state index < -0.39 is 11.6 Å². The van der Waals surface area contributed by atoms with Crippen molar-refractivity contribution in [1.29, 1.82) is 0 Å². The van der Waals surface area contributed by atoms with Crippen molar-refractivity contribution in [1.82, 2.24) is 0 Å². The summed E-state index contributed by atoms with van der Waals surface area (Å²) in [6, 6.07) is 9.06. The van der Waals surface area contributed by atoms with Crippen LogP contribution in [0.3, 0.4) is 0 Å². The summed E-state index contributed by atoms with van der Waals surface area (Å²) in [5, 5.41) is 0. The smallest absolute Gasteiger partial charge is 0.159 e. The van der Waals surface area contributed by atoms with Gasteiger partial charge < -0.3 is 10.5 Å². The average Bonchev–Trinajstić information content (AvgIpc) is 2.36. The molecule has 0 aliphatic rings. The predicted octanol–water partition coefficient (Wildman–Crippen LogP) is 3.71. The van der Waals surface area contributed by atoms with Gasteiger partial charge >= 0.3 is 0 Å². The van der Waals surface area contributed by atoms with E-state index in [9.17, 15) is 8.78 Å². The molecule has 0 unspecified atom stereocenters. The maximum Gasteiger partial charge on any atom is 0.159 e. The van der Waals surface area contributed by atoms with E-state index in [1.807, 2.05) is 0 Å². The Morgan fingerprint density at radius 1 is 1.11 bits per heavy atom. The summed E-state index contributed by atoms with van der Waals surface area (Å²) in [7, 11) is 1.53. The summed E-state index contributed by atoms with van der Waals surface area (Å²) in [6.45, 7) is 0. The highest BCUT2D eigenvalue weighted by atomic mass is 32.2. The third kappa shape index (κ3) is 2.56. The SMILES string of the molecule is COc1cccc(Sc2ccc(F)c(F)c2)c1N.